The quantitative estimate of drug-likeness (QED) is 0.415. The highest BCUT2D eigenvalue weighted by Gasteiger charge is 2.09. The van der Waals surface area contributed by atoms with E-state index in [1.807, 2.05) is 24.3 Å². The Morgan fingerprint density at radius 3 is 2.26 bits per heavy atom. The van der Waals surface area contributed by atoms with E-state index in [1.54, 1.807) is 0 Å². The molecule has 0 radical (unpaired) electrons. The van der Waals surface area contributed by atoms with Gasteiger partial charge in [0, 0.05) is 31.9 Å². The summed E-state index contributed by atoms with van der Waals surface area (Å²) < 4.78 is 0. The van der Waals surface area contributed by atoms with Crippen LogP contribution in [0.15, 0.2) is 34.3 Å². The Hall–Kier alpha value is -2.28. The molecule has 1 aliphatic heterocycles. The molecule has 0 bridgehead atoms. The first kappa shape index (κ1) is 13.2. The number of benzene rings is 1. The van der Waals surface area contributed by atoms with E-state index < -0.39 is 0 Å². The molecule has 0 atom stereocenters. The van der Waals surface area contributed by atoms with Crippen LogP contribution in [0.25, 0.3) is 0 Å². The molecule has 1 aromatic rings. The van der Waals surface area contributed by atoms with Crippen LogP contribution in [0.4, 0.5) is 11.4 Å². The van der Waals surface area contributed by atoms with Crippen LogP contribution in [0.2, 0.25) is 0 Å². The van der Waals surface area contributed by atoms with E-state index in [-0.39, 0.29) is 11.9 Å². The van der Waals surface area contributed by atoms with Gasteiger partial charge in [-0.3, -0.25) is 0 Å². The van der Waals surface area contributed by atoms with Crippen molar-refractivity contribution in [2.24, 2.45) is 27.2 Å². The van der Waals surface area contributed by atoms with E-state index >= 15 is 0 Å². The van der Waals surface area contributed by atoms with Gasteiger partial charge in [-0.25, -0.2) is 4.99 Å². The van der Waals surface area contributed by atoms with Gasteiger partial charge in [0.05, 0.1) is 5.69 Å². The zero-order valence-corrected chi connectivity index (χ0v) is 10.7. The minimum atomic E-state index is -0.0984. The maximum atomic E-state index is 5.57. The van der Waals surface area contributed by atoms with Crippen molar-refractivity contribution in [1.29, 1.82) is 0 Å². The second-order valence-electron chi connectivity index (χ2n) is 4.26. The molecular weight excluding hydrogens is 242 g/mol. The largest absolute Gasteiger partial charge is 0.370 e. The summed E-state index contributed by atoms with van der Waals surface area (Å²) in [6.45, 7) is 4.05. The Morgan fingerprint density at radius 2 is 1.68 bits per heavy atom. The fourth-order valence-electron chi connectivity index (χ4n) is 1.95. The maximum absolute atomic E-state index is 5.57. The average molecular weight is 261 g/mol. The summed E-state index contributed by atoms with van der Waals surface area (Å²) in [4.78, 5) is 10.1. The lowest BCUT2D eigenvalue weighted by molar-refractivity contribution is 0.589. The van der Waals surface area contributed by atoms with Crippen molar-refractivity contribution in [3.8, 4) is 0 Å². The molecule has 19 heavy (non-hydrogen) atoms. The minimum absolute atomic E-state index is 0.0509. The highest BCUT2D eigenvalue weighted by Crippen LogP contribution is 2.20. The standard InChI is InChI=1S/C12H19N7/c13-11(14)18-12(15)17-9-1-3-10(4-2-9)19-7-5-16-6-8-19/h1-4,16H,5-8H2,(H6,13,14,15,17,18). The Balaban J connectivity index is 2.07. The summed E-state index contributed by atoms with van der Waals surface area (Å²) in [7, 11) is 0. The number of hydrogen-bond acceptors (Lipinski definition) is 3. The molecule has 0 unspecified atom stereocenters. The summed E-state index contributed by atoms with van der Waals surface area (Å²) in [5, 5.41) is 3.32. The van der Waals surface area contributed by atoms with Crippen LogP contribution in [0, 0.1) is 0 Å². The monoisotopic (exact) mass is 261 g/mol. The fraction of sp³-hybridized carbons (Fsp3) is 0.333. The van der Waals surface area contributed by atoms with Gasteiger partial charge < -0.3 is 27.4 Å². The molecule has 1 aliphatic rings. The summed E-state index contributed by atoms with van der Waals surface area (Å²) >= 11 is 0. The molecule has 1 saturated heterocycles. The Bertz CT molecular complexity index is 467. The molecule has 0 aromatic heterocycles. The molecular formula is C12H19N7. The van der Waals surface area contributed by atoms with Gasteiger partial charge in [-0.05, 0) is 24.3 Å². The van der Waals surface area contributed by atoms with Gasteiger partial charge in [-0.2, -0.15) is 4.99 Å². The number of nitrogens with one attached hydrogen (secondary N) is 1. The number of nitrogens with two attached hydrogens (primary N) is 3. The van der Waals surface area contributed by atoms with Crippen LogP contribution in [0.5, 0.6) is 0 Å². The molecule has 7 N–H and O–H groups in total. The van der Waals surface area contributed by atoms with Crippen molar-refractivity contribution < 1.29 is 0 Å². The van der Waals surface area contributed by atoms with Crippen molar-refractivity contribution in [2.45, 2.75) is 0 Å². The van der Waals surface area contributed by atoms with E-state index in [0.717, 1.165) is 31.9 Å². The van der Waals surface area contributed by atoms with E-state index in [1.165, 1.54) is 5.69 Å². The number of piperazine rings is 1. The highest BCUT2D eigenvalue weighted by molar-refractivity contribution is 5.93. The third-order valence-corrected chi connectivity index (χ3v) is 2.82. The molecule has 1 fully saturated rings. The van der Waals surface area contributed by atoms with E-state index in [0.29, 0.717) is 0 Å². The van der Waals surface area contributed by atoms with Gasteiger partial charge >= 0.3 is 0 Å². The number of guanidine groups is 2. The Labute approximate surface area is 112 Å². The fourth-order valence-corrected chi connectivity index (χ4v) is 1.95. The predicted molar refractivity (Wildman–Crippen MR) is 78.6 cm³/mol. The van der Waals surface area contributed by atoms with Gasteiger partial charge in [0.2, 0.25) is 5.96 Å². The van der Waals surface area contributed by atoms with E-state index in [4.69, 9.17) is 17.2 Å². The Morgan fingerprint density at radius 1 is 1.05 bits per heavy atom. The zero-order chi connectivity index (χ0) is 13.7. The van der Waals surface area contributed by atoms with Crippen molar-refractivity contribution in [3.05, 3.63) is 24.3 Å². The number of nitrogens with zero attached hydrogens (tertiary/aromatic N) is 3. The second-order valence-corrected chi connectivity index (χ2v) is 4.26. The molecule has 7 nitrogen and oxygen atoms in total. The van der Waals surface area contributed by atoms with Crippen molar-refractivity contribution in [3.63, 3.8) is 0 Å². The summed E-state index contributed by atoms with van der Waals surface area (Å²) in [6, 6.07) is 7.83. The van der Waals surface area contributed by atoms with Gasteiger partial charge in [0.25, 0.3) is 0 Å². The summed E-state index contributed by atoms with van der Waals surface area (Å²) in [5.41, 5.74) is 17.9. The van der Waals surface area contributed by atoms with Gasteiger partial charge in [0.1, 0.15) is 0 Å². The zero-order valence-electron chi connectivity index (χ0n) is 10.7. The second kappa shape index (κ2) is 6.05. The average Bonchev–Trinajstić information content (AvgIpc) is 2.39. The highest BCUT2D eigenvalue weighted by atomic mass is 15.2. The molecule has 1 heterocycles. The number of rotatable bonds is 2. The van der Waals surface area contributed by atoms with Crippen molar-refractivity contribution in [1.82, 2.24) is 5.32 Å². The SMILES string of the molecule is NC(N)=NC(N)=Nc1ccc(N2CCNCC2)cc1. The molecule has 2 rings (SSSR count). The van der Waals surface area contributed by atoms with E-state index in [9.17, 15) is 0 Å². The lowest BCUT2D eigenvalue weighted by Gasteiger charge is -2.29. The van der Waals surface area contributed by atoms with Crippen LogP contribution < -0.4 is 27.4 Å². The van der Waals surface area contributed by atoms with Crippen molar-refractivity contribution in [2.75, 3.05) is 31.1 Å². The summed E-state index contributed by atoms with van der Waals surface area (Å²) in [5.74, 6) is -0.0476. The molecule has 0 amide bonds. The van der Waals surface area contributed by atoms with Crippen LogP contribution >= 0.6 is 0 Å². The van der Waals surface area contributed by atoms with Gasteiger partial charge in [-0.1, -0.05) is 0 Å². The van der Waals surface area contributed by atoms with Crippen molar-refractivity contribution >= 4 is 23.3 Å². The predicted octanol–water partition coefficient (Wildman–Crippen LogP) is -0.684. The first-order chi connectivity index (χ1) is 9.15. The van der Waals surface area contributed by atoms with Crippen LogP contribution in [0.3, 0.4) is 0 Å². The molecule has 102 valence electrons. The van der Waals surface area contributed by atoms with Gasteiger partial charge in [-0.15, -0.1) is 0 Å². The first-order valence-electron chi connectivity index (χ1n) is 6.14. The van der Waals surface area contributed by atoms with Crippen LogP contribution in [0.1, 0.15) is 0 Å². The lowest BCUT2D eigenvalue weighted by atomic mass is 10.2. The topological polar surface area (TPSA) is 118 Å². The molecule has 0 aliphatic carbocycles. The number of hydrogen-bond donors (Lipinski definition) is 4. The lowest BCUT2D eigenvalue weighted by Crippen LogP contribution is -2.43. The maximum Gasteiger partial charge on any atom is 0.223 e. The third kappa shape index (κ3) is 3.85. The summed E-state index contributed by atoms with van der Waals surface area (Å²) in [6.07, 6.45) is 0. The minimum Gasteiger partial charge on any atom is -0.370 e. The van der Waals surface area contributed by atoms with Gasteiger partial charge in [0.15, 0.2) is 5.96 Å². The third-order valence-electron chi connectivity index (χ3n) is 2.82. The number of aliphatic imine (C=N–C) groups is 2. The number of anilines is 1. The molecule has 7 heteroatoms. The molecule has 0 saturated carbocycles. The van der Waals surface area contributed by atoms with Crippen LogP contribution in [-0.4, -0.2) is 38.1 Å². The molecule has 1 aromatic carbocycles. The normalized spacial score (nSPS) is 16.2. The Kier molecular flexibility index (Phi) is 4.19. The van der Waals surface area contributed by atoms with Crippen LogP contribution in [-0.2, 0) is 0 Å². The molecule has 0 spiro atoms. The first-order valence-corrected chi connectivity index (χ1v) is 6.14. The van der Waals surface area contributed by atoms with E-state index in [2.05, 4.69) is 20.2 Å². The smallest absolute Gasteiger partial charge is 0.223 e.